The van der Waals surface area contributed by atoms with Crippen molar-refractivity contribution in [1.82, 2.24) is 9.66 Å². The third kappa shape index (κ3) is 6.08. The highest BCUT2D eigenvalue weighted by Gasteiger charge is 2.23. The lowest BCUT2D eigenvalue weighted by Gasteiger charge is -2.21. The lowest BCUT2D eigenvalue weighted by molar-refractivity contribution is 0.302. The maximum Gasteiger partial charge on any atom is 0.282 e. The first kappa shape index (κ1) is 26.6. The molecule has 0 unspecified atom stereocenters. The van der Waals surface area contributed by atoms with Gasteiger partial charge < -0.3 is 4.74 Å². The number of rotatable bonds is 5. The smallest absolute Gasteiger partial charge is 0.282 e. The zero-order chi connectivity index (χ0) is 25.3. The molecule has 0 amide bonds. The van der Waals surface area contributed by atoms with E-state index < -0.39 is 0 Å². The van der Waals surface area contributed by atoms with Gasteiger partial charge in [0.05, 0.1) is 24.3 Å². The molecule has 9 heteroatoms. The summed E-state index contributed by atoms with van der Waals surface area (Å²) >= 11 is 14.2. The molecule has 3 aromatic carbocycles. The minimum Gasteiger partial charge on any atom is -0.487 e. The summed E-state index contributed by atoms with van der Waals surface area (Å²) in [5, 5.41) is 5.76. The van der Waals surface area contributed by atoms with Crippen LogP contribution in [0, 0.1) is 7.14 Å². The van der Waals surface area contributed by atoms with E-state index in [9.17, 15) is 4.79 Å². The highest BCUT2D eigenvalue weighted by molar-refractivity contribution is 14.1. The Morgan fingerprint density at radius 2 is 1.80 bits per heavy atom. The molecule has 4 aromatic rings. The highest BCUT2D eigenvalue weighted by atomic mass is 127. The molecule has 0 spiro atoms. The predicted molar refractivity (Wildman–Crippen MR) is 163 cm³/mol. The summed E-state index contributed by atoms with van der Waals surface area (Å²) < 4.78 is 10.2. The van der Waals surface area contributed by atoms with E-state index in [4.69, 9.17) is 21.3 Å². The summed E-state index contributed by atoms with van der Waals surface area (Å²) in [4.78, 5) is 18.1. The zero-order valence-corrected chi connectivity index (χ0v) is 25.8. The van der Waals surface area contributed by atoms with Crippen LogP contribution in [-0.2, 0) is 12.0 Å². The monoisotopic (exact) mass is 775 g/mol. The van der Waals surface area contributed by atoms with Crippen LogP contribution >= 0.6 is 72.7 Å². The molecule has 0 aliphatic heterocycles. The van der Waals surface area contributed by atoms with Gasteiger partial charge in [-0.1, -0.05) is 66.5 Å². The number of hydrogen-bond acceptors (Lipinski definition) is 4. The molecule has 0 saturated carbocycles. The number of halogens is 4. The van der Waals surface area contributed by atoms with Gasteiger partial charge in [-0.3, -0.25) is 4.79 Å². The Balaban J connectivity index is 1.69. The molecule has 0 radical (unpaired) electrons. The Labute approximate surface area is 244 Å². The quantitative estimate of drug-likeness (QED) is 0.154. The first-order chi connectivity index (χ1) is 16.5. The maximum atomic E-state index is 13.4. The van der Waals surface area contributed by atoms with Gasteiger partial charge in [-0.2, -0.15) is 9.78 Å². The van der Waals surface area contributed by atoms with Crippen LogP contribution in [0.15, 0.2) is 69.0 Å². The topological polar surface area (TPSA) is 56.5 Å². The van der Waals surface area contributed by atoms with Crippen LogP contribution in [0.2, 0.25) is 5.02 Å². The van der Waals surface area contributed by atoms with Gasteiger partial charge in [0, 0.05) is 20.5 Å². The molecule has 0 atom stereocenters. The molecule has 0 aliphatic rings. The molecular weight excluding hydrogens is 755 g/mol. The van der Waals surface area contributed by atoms with Crippen LogP contribution in [0.1, 0.15) is 37.7 Å². The second-order valence-corrected chi connectivity index (χ2v) is 12.5. The second-order valence-electron chi connectivity index (χ2n) is 8.90. The lowest BCUT2D eigenvalue weighted by Crippen LogP contribution is -2.29. The van der Waals surface area contributed by atoms with Gasteiger partial charge in [-0.05, 0) is 87.1 Å². The SMILES string of the molecule is CC(C)(C)c1nc2ccc(Br)cc2c(=O)n1N=Cc1cc(I)c(OCc2ccccc2Cl)c(I)c1. The minimum absolute atomic E-state index is 0.207. The van der Waals surface area contributed by atoms with E-state index in [1.807, 2.05) is 69.3 Å². The largest absolute Gasteiger partial charge is 0.487 e. The predicted octanol–water partition coefficient (Wildman–Crippen LogP) is 7.78. The molecule has 1 aromatic heterocycles. The van der Waals surface area contributed by atoms with E-state index in [1.165, 1.54) is 4.68 Å². The molecular formula is C26H21BrClI2N3O2. The van der Waals surface area contributed by atoms with Crippen molar-refractivity contribution in [2.45, 2.75) is 32.8 Å². The average molecular weight is 777 g/mol. The van der Waals surface area contributed by atoms with Crippen molar-refractivity contribution in [2.75, 3.05) is 0 Å². The van der Waals surface area contributed by atoms with Crippen LogP contribution < -0.4 is 10.3 Å². The van der Waals surface area contributed by atoms with Gasteiger partial charge in [-0.25, -0.2) is 4.98 Å². The molecule has 4 rings (SSSR count). The minimum atomic E-state index is -0.378. The molecule has 1 heterocycles. The summed E-state index contributed by atoms with van der Waals surface area (Å²) in [6.07, 6.45) is 1.68. The third-order valence-corrected chi connectivity index (χ3v) is 7.62. The summed E-state index contributed by atoms with van der Waals surface area (Å²) in [5.41, 5.74) is 1.85. The zero-order valence-electron chi connectivity index (χ0n) is 19.2. The number of ether oxygens (including phenoxy) is 1. The van der Waals surface area contributed by atoms with Crippen molar-refractivity contribution in [3.05, 3.63) is 98.5 Å². The van der Waals surface area contributed by atoms with Crippen molar-refractivity contribution in [3.63, 3.8) is 0 Å². The number of hydrogen-bond donors (Lipinski definition) is 0. The highest BCUT2D eigenvalue weighted by Crippen LogP contribution is 2.30. The van der Waals surface area contributed by atoms with E-state index in [1.54, 1.807) is 12.3 Å². The van der Waals surface area contributed by atoms with Crippen LogP contribution in [-0.4, -0.2) is 15.9 Å². The van der Waals surface area contributed by atoms with Crippen LogP contribution in [0.3, 0.4) is 0 Å². The molecule has 0 N–H and O–H groups in total. The van der Waals surface area contributed by atoms with E-state index in [0.717, 1.165) is 28.5 Å². The average Bonchev–Trinajstić information content (AvgIpc) is 2.78. The van der Waals surface area contributed by atoms with E-state index in [-0.39, 0.29) is 11.0 Å². The van der Waals surface area contributed by atoms with E-state index in [2.05, 4.69) is 66.2 Å². The maximum absolute atomic E-state index is 13.4. The number of aromatic nitrogens is 2. The Morgan fingerprint density at radius 1 is 1.11 bits per heavy atom. The Morgan fingerprint density at radius 3 is 2.46 bits per heavy atom. The standard InChI is InChI=1S/C26H21BrClI2N3O2/c1-26(2,3)25-32-22-9-8-17(27)12-18(22)24(34)33(25)31-13-15-10-20(29)23(21(30)11-15)35-14-16-6-4-5-7-19(16)28/h4-13H,14H2,1-3H3. The summed E-state index contributed by atoms with van der Waals surface area (Å²) in [5.74, 6) is 1.38. The Kier molecular flexibility index (Phi) is 8.24. The normalized spacial score (nSPS) is 12.0. The molecule has 0 bridgehead atoms. The molecule has 0 fully saturated rings. The molecule has 35 heavy (non-hydrogen) atoms. The first-order valence-corrected chi connectivity index (χ1v) is 14.0. The summed E-state index contributed by atoms with van der Waals surface area (Å²) in [6, 6.07) is 17.1. The van der Waals surface area contributed by atoms with Crippen molar-refractivity contribution in [3.8, 4) is 5.75 Å². The fourth-order valence-electron chi connectivity index (χ4n) is 3.42. The van der Waals surface area contributed by atoms with Gasteiger partial charge in [0.15, 0.2) is 0 Å². The Bertz CT molecular complexity index is 1490. The first-order valence-electron chi connectivity index (χ1n) is 10.7. The molecule has 5 nitrogen and oxygen atoms in total. The lowest BCUT2D eigenvalue weighted by atomic mass is 9.95. The van der Waals surface area contributed by atoms with Gasteiger partial charge in [0.25, 0.3) is 5.56 Å². The van der Waals surface area contributed by atoms with Crippen molar-refractivity contribution in [2.24, 2.45) is 5.10 Å². The molecule has 0 aliphatic carbocycles. The van der Waals surface area contributed by atoms with Gasteiger partial charge in [0.1, 0.15) is 18.2 Å². The van der Waals surface area contributed by atoms with Crippen molar-refractivity contribution < 1.29 is 4.74 Å². The number of fused-ring (bicyclic) bond motifs is 1. The number of benzene rings is 3. The second kappa shape index (κ2) is 10.9. The van der Waals surface area contributed by atoms with Crippen molar-refractivity contribution >= 4 is 89.8 Å². The van der Waals surface area contributed by atoms with Crippen LogP contribution in [0.4, 0.5) is 0 Å². The van der Waals surface area contributed by atoms with Crippen LogP contribution in [0.5, 0.6) is 5.75 Å². The van der Waals surface area contributed by atoms with E-state index >= 15 is 0 Å². The molecule has 0 saturated heterocycles. The Hall–Kier alpha value is -1.50. The fraction of sp³-hybridized carbons (Fsp3) is 0.192. The summed E-state index contributed by atoms with van der Waals surface area (Å²) in [6.45, 7) is 6.43. The van der Waals surface area contributed by atoms with Gasteiger partial charge in [-0.15, -0.1) is 0 Å². The van der Waals surface area contributed by atoms with Crippen molar-refractivity contribution in [1.29, 1.82) is 0 Å². The van der Waals surface area contributed by atoms with Gasteiger partial charge in [0.2, 0.25) is 0 Å². The van der Waals surface area contributed by atoms with Crippen LogP contribution in [0.25, 0.3) is 10.9 Å². The third-order valence-electron chi connectivity index (χ3n) is 5.15. The van der Waals surface area contributed by atoms with E-state index in [0.29, 0.717) is 28.4 Å². The summed E-state index contributed by atoms with van der Waals surface area (Å²) in [7, 11) is 0. The fourth-order valence-corrected chi connectivity index (χ4v) is 6.10. The molecule has 180 valence electrons. The number of nitrogens with zero attached hydrogens (tertiary/aromatic N) is 3. The van der Waals surface area contributed by atoms with Gasteiger partial charge >= 0.3 is 0 Å².